The third-order valence-electron chi connectivity index (χ3n) is 5.99. The highest BCUT2D eigenvalue weighted by Gasteiger charge is 2.39. The lowest BCUT2D eigenvalue weighted by Gasteiger charge is -2.37. The molecule has 4 nitrogen and oxygen atoms in total. The van der Waals surface area contributed by atoms with Crippen LogP contribution in [0.25, 0.3) is 22.2 Å². The Morgan fingerprint density at radius 1 is 0.889 bits per heavy atom. The largest absolute Gasteiger partial charge is 0.354 e. The summed E-state index contributed by atoms with van der Waals surface area (Å²) in [4.78, 5) is 6.20. The summed E-state index contributed by atoms with van der Waals surface area (Å²) in [5, 5.41) is 1.34. The molecule has 4 heteroatoms. The fourth-order valence-electron chi connectivity index (χ4n) is 4.48. The van der Waals surface area contributed by atoms with Crippen molar-refractivity contribution in [2.24, 2.45) is 0 Å². The molecular formula is C23H26N2O2. The van der Waals surface area contributed by atoms with Crippen molar-refractivity contribution in [2.45, 2.75) is 25.0 Å². The highest BCUT2D eigenvalue weighted by atomic mass is 16.7. The van der Waals surface area contributed by atoms with E-state index in [0.29, 0.717) is 0 Å². The molecule has 0 radical (unpaired) electrons. The summed E-state index contributed by atoms with van der Waals surface area (Å²) in [7, 11) is 0. The van der Waals surface area contributed by atoms with Crippen molar-refractivity contribution in [1.29, 1.82) is 0 Å². The fourth-order valence-corrected chi connectivity index (χ4v) is 4.48. The van der Waals surface area contributed by atoms with Gasteiger partial charge in [0.2, 0.25) is 0 Å². The van der Waals surface area contributed by atoms with Crippen LogP contribution in [0.15, 0.2) is 54.6 Å². The lowest BCUT2D eigenvalue weighted by atomic mass is 10.0. The van der Waals surface area contributed by atoms with Gasteiger partial charge in [0, 0.05) is 49.1 Å². The normalized spacial score (nSPS) is 19.9. The van der Waals surface area contributed by atoms with Crippen molar-refractivity contribution in [3.05, 3.63) is 60.2 Å². The number of hydrogen-bond donors (Lipinski definition) is 1. The average Bonchev–Trinajstić information content (AvgIpc) is 3.33. The maximum atomic E-state index is 5.86. The van der Waals surface area contributed by atoms with Crippen LogP contribution in [0, 0.1) is 0 Å². The maximum absolute atomic E-state index is 5.86. The number of nitrogens with one attached hydrogen (secondary N) is 1. The van der Waals surface area contributed by atoms with E-state index in [1.54, 1.807) is 0 Å². The highest BCUT2D eigenvalue weighted by Crippen LogP contribution is 2.33. The van der Waals surface area contributed by atoms with Crippen molar-refractivity contribution < 1.29 is 9.47 Å². The molecule has 3 aromatic rings. The van der Waals surface area contributed by atoms with E-state index in [0.717, 1.165) is 52.1 Å². The number of hydrogen-bond acceptors (Lipinski definition) is 3. The number of likely N-dealkylation sites (tertiary alicyclic amines) is 1. The zero-order chi connectivity index (χ0) is 18.1. The van der Waals surface area contributed by atoms with Crippen molar-refractivity contribution in [2.75, 3.05) is 32.8 Å². The Labute approximate surface area is 160 Å². The highest BCUT2D eigenvalue weighted by molar-refractivity contribution is 5.90. The lowest BCUT2D eigenvalue weighted by Crippen LogP contribution is -2.45. The van der Waals surface area contributed by atoms with Gasteiger partial charge in [0.05, 0.1) is 13.2 Å². The summed E-state index contributed by atoms with van der Waals surface area (Å²) in [6, 6.07) is 19.3. The summed E-state index contributed by atoms with van der Waals surface area (Å²) in [6.45, 7) is 4.65. The number of fused-ring (bicyclic) bond motifs is 1. The number of ether oxygens (including phenoxy) is 2. The number of piperidine rings is 1. The Kier molecular flexibility index (Phi) is 4.48. The molecule has 2 saturated heterocycles. The first kappa shape index (κ1) is 17.0. The molecule has 5 rings (SSSR count). The van der Waals surface area contributed by atoms with Crippen molar-refractivity contribution in [3.63, 3.8) is 0 Å². The van der Waals surface area contributed by atoms with Gasteiger partial charge in [-0.3, -0.25) is 0 Å². The third-order valence-corrected chi connectivity index (χ3v) is 5.99. The molecule has 0 atom stereocenters. The number of nitrogens with zero attached hydrogens (tertiary/aromatic N) is 1. The number of aromatic amines is 1. The van der Waals surface area contributed by atoms with E-state index in [1.807, 2.05) is 0 Å². The number of benzene rings is 2. The molecule has 2 aromatic carbocycles. The Hall–Kier alpha value is -2.14. The maximum Gasteiger partial charge on any atom is 0.170 e. The molecule has 0 saturated carbocycles. The number of para-hydroxylation sites is 1. The molecule has 140 valence electrons. The first-order valence-electron chi connectivity index (χ1n) is 9.98. The summed E-state index contributed by atoms with van der Waals surface area (Å²) in [5.41, 5.74) is 5.16. The number of H-pyrrole nitrogens is 1. The van der Waals surface area contributed by atoms with Crippen LogP contribution in [0.4, 0.5) is 0 Å². The molecule has 0 aliphatic carbocycles. The third kappa shape index (κ3) is 3.29. The average molecular weight is 362 g/mol. The Morgan fingerprint density at radius 3 is 2.37 bits per heavy atom. The van der Waals surface area contributed by atoms with Gasteiger partial charge in [-0.05, 0) is 23.6 Å². The van der Waals surface area contributed by atoms with Gasteiger partial charge in [0.15, 0.2) is 5.79 Å². The van der Waals surface area contributed by atoms with Crippen LogP contribution in [0.3, 0.4) is 0 Å². The van der Waals surface area contributed by atoms with Crippen LogP contribution in [-0.4, -0.2) is 48.5 Å². The smallest absolute Gasteiger partial charge is 0.170 e. The minimum atomic E-state index is -0.285. The number of rotatable bonds is 4. The summed E-state index contributed by atoms with van der Waals surface area (Å²) >= 11 is 0. The van der Waals surface area contributed by atoms with E-state index in [1.165, 1.54) is 27.7 Å². The monoisotopic (exact) mass is 362 g/mol. The van der Waals surface area contributed by atoms with Crippen LogP contribution in [0.1, 0.15) is 18.4 Å². The second-order valence-corrected chi connectivity index (χ2v) is 7.59. The second-order valence-electron chi connectivity index (χ2n) is 7.59. The number of aromatic nitrogens is 1. The Bertz CT molecular complexity index is 903. The van der Waals surface area contributed by atoms with Gasteiger partial charge in [-0.25, -0.2) is 0 Å². The van der Waals surface area contributed by atoms with Gasteiger partial charge in [-0.15, -0.1) is 0 Å². The SMILES string of the molecule is c1ccc(-c2[nH]c3ccccc3c2CCN2CCC3(CC2)OCCO3)cc1. The molecule has 0 unspecified atom stereocenters. The molecule has 1 spiro atoms. The Morgan fingerprint density at radius 2 is 1.59 bits per heavy atom. The molecule has 27 heavy (non-hydrogen) atoms. The van der Waals surface area contributed by atoms with E-state index in [2.05, 4.69) is 64.5 Å². The van der Waals surface area contributed by atoms with Gasteiger partial charge in [-0.1, -0.05) is 48.5 Å². The van der Waals surface area contributed by atoms with E-state index in [9.17, 15) is 0 Å². The van der Waals surface area contributed by atoms with Gasteiger partial charge < -0.3 is 19.4 Å². The Balaban J connectivity index is 1.35. The van der Waals surface area contributed by atoms with E-state index in [-0.39, 0.29) is 5.79 Å². The zero-order valence-corrected chi connectivity index (χ0v) is 15.6. The minimum Gasteiger partial charge on any atom is -0.354 e. The summed E-state index contributed by atoms with van der Waals surface area (Å²) < 4.78 is 11.7. The quantitative estimate of drug-likeness (QED) is 0.755. The van der Waals surface area contributed by atoms with Crippen molar-refractivity contribution >= 4 is 10.9 Å². The minimum absolute atomic E-state index is 0.285. The molecule has 3 heterocycles. The predicted molar refractivity (Wildman–Crippen MR) is 108 cm³/mol. The molecule has 2 aliphatic rings. The van der Waals surface area contributed by atoms with Crippen LogP contribution >= 0.6 is 0 Å². The van der Waals surface area contributed by atoms with Crippen LogP contribution < -0.4 is 0 Å². The summed E-state index contributed by atoms with van der Waals surface area (Å²) in [6.07, 6.45) is 3.00. The van der Waals surface area contributed by atoms with Gasteiger partial charge in [0.1, 0.15) is 0 Å². The zero-order valence-electron chi connectivity index (χ0n) is 15.6. The van der Waals surface area contributed by atoms with Crippen LogP contribution in [-0.2, 0) is 15.9 Å². The van der Waals surface area contributed by atoms with Gasteiger partial charge in [-0.2, -0.15) is 0 Å². The summed E-state index contributed by atoms with van der Waals surface area (Å²) in [5.74, 6) is -0.285. The molecule has 0 amide bonds. The van der Waals surface area contributed by atoms with Crippen LogP contribution in [0.2, 0.25) is 0 Å². The van der Waals surface area contributed by atoms with E-state index >= 15 is 0 Å². The molecule has 2 fully saturated rings. The van der Waals surface area contributed by atoms with E-state index < -0.39 is 0 Å². The molecule has 0 bridgehead atoms. The molecule has 2 aliphatic heterocycles. The van der Waals surface area contributed by atoms with Gasteiger partial charge >= 0.3 is 0 Å². The standard InChI is InChI=1S/C23H26N2O2/c1-2-6-18(7-3-1)22-20(19-8-4-5-9-21(19)24-22)10-13-25-14-11-23(12-15-25)26-16-17-27-23/h1-9,24H,10-17H2. The topological polar surface area (TPSA) is 37.5 Å². The first-order valence-corrected chi connectivity index (χ1v) is 9.98. The molecular weight excluding hydrogens is 336 g/mol. The van der Waals surface area contributed by atoms with Crippen LogP contribution in [0.5, 0.6) is 0 Å². The lowest BCUT2D eigenvalue weighted by molar-refractivity contribution is -0.185. The second kappa shape index (κ2) is 7.12. The first-order chi connectivity index (χ1) is 13.3. The van der Waals surface area contributed by atoms with E-state index in [4.69, 9.17) is 9.47 Å². The van der Waals surface area contributed by atoms with Crippen molar-refractivity contribution in [1.82, 2.24) is 9.88 Å². The fraction of sp³-hybridized carbons (Fsp3) is 0.391. The van der Waals surface area contributed by atoms with Gasteiger partial charge in [0.25, 0.3) is 0 Å². The molecule has 1 aromatic heterocycles. The molecule has 1 N–H and O–H groups in total. The predicted octanol–water partition coefficient (Wildman–Crippen LogP) is 4.22. The van der Waals surface area contributed by atoms with Crippen molar-refractivity contribution in [3.8, 4) is 11.3 Å².